The number of benzene rings is 2. The molecule has 5 nitrogen and oxygen atoms in total. The standard InChI is InChI=1S/C21H25NO4/c1-4-13-26-17-8-6-16(7-9-17)22-21(24)12-10-19(23)18-14-15(2)5-11-20(18)25-3/h5-9,11,14H,4,10,12-13H2,1-3H3,(H,22,24). The molecule has 0 unspecified atom stereocenters. The summed E-state index contributed by atoms with van der Waals surface area (Å²) in [5.41, 5.74) is 2.17. The van der Waals surface area contributed by atoms with Crippen molar-refractivity contribution in [2.45, 2.75) is 33.1 Å². The summed E-state index contributed by atoms with van der Waals surface area (Å²) in [7, 11) is 1.53. The van der Waals surface area contributed by atoms with Gasteiger partial charge in [0.25, 0.3) is 0 Å². The van der Waals surface area contributed by atoms with Crippen molar-refractivity contribution in [1.82, 2.24) is 0 Å². The molecule has 0 atom stereocenters. The van der Waals surface area contributed by atoms with E-state index in [1.54, 1.807) is 24.3 Å². The third-order valence-electron chi connectivity index (χ3n) is 3.85. The minimum Gasteiger partial charge on any atom is -0.496 e. The van der Waals surface area contributed by atoms with Crippen LogP contribution in [0.2, 0.25) is 0 Å². The van der Waals surface area contributed by atoms with Gasteiger partial charge in [-0.2, -0.15) is 0 Å². The lowest BCUT2D eigenvalue weighted by molar-refractivity contribution is -0.116. The maximum Gasteiger partial charge on any atom is 0.224 e. The van der Waals surface area contributed by atoms with Gasteiger partial charge in [-0.1, -0.05) is 18.6 Å². The van der Waals surface area contributed by atoms with Crippen molar-refractivity contribution in [2.24, 2.45) is 0 Å². The van der Waals surface area contributed by atoms with E-state index in [1.165, 1.54) is 7.11 Å². The zero-order chi connectivity index (χ0) is 18.9. The molecule has 0 saturated carbocycles. The lowest BCUT2D eigenvalue weighted by Crippen LogP contribution is -2.14. The molecule has 0 fully saturated rings. The minimum atomic E-state index is -0.202. The van der Waals surface area contributed by atoms with Crippen LogP contribution in [0.5, 0.6) is 11.5 Å². The molecule has 1 N–H and O–H groups in total. The molecule has 0 aliphatic carbocycles. The van der Waals surface area contributed by atoms with Crippen LogP contribution in [-0.4, -0.2) is 25.4 Å². The van der Waals surface area contributed by atoms with E-state index in [0.717, 1.165) is 17.7 Å². The van der Waals surface area contributed by atoms with E-state index >= 15 is 0 Å². The van der Waals surface area contributed by atoms with E-state index < -0.39 is 0 Å². The summed E-state index contributed by atoms with van der Waals surface area (Å²) < 4.78 is 10.7. The Balaban J connectivity index is 1.88. The highest BCUT2D eigenvalue weighted by Crippen LogP contribution is 2.22. The molecule has 0 aromatic heterocycles. The van der Waals surface area contributed by atoms with Crippen molar-refractivity contribution >= 4 is 17.4 Å². The molecule has 5 heteroatoms. The molecular formula is C21H25NO4. The van der Waals surface area contributed by atoms with Gasteiger partial charge < -0.3 is 14.8 Å². The molecule has 2 aromatic rings. The highest BCUT2D eigenvalue weighted by molar-refractivity contribution is 6.01. The quantitative estimate of drug-likeness (QED) is 0.677. The fourth-order valence-electron chi connectivity index (χ4n) is 2.48. The van der Waals surface area contributed by atoms with Crippen molar-refractivity contribution in [1.29, 1.82) is 0 Å². The first-order valence-electron chi connectivity index (χ1n) is 8.74. The molecule has 0 bridgehead atoms. The van der Waals surface area contributed by atoms with Gasteiger partial charge in [0, 0.05) is 18.5 Å². The first kappa shape index (κ1) is 19.5. The lowest BCUT2D eigenvalue weighted by atomic mass is 10.0. The number of anilines is 1. The van der Waals surface area contributed by atoms with Gasteiger partial charge in [0.2, 0.25) is 5.91 Å². The van der Waals surface area contributed by atoms with Gasteiger partial charge in [-0.25, -0.2) is 0 Å². The number of methoxy groups -OCH3 is 1. The number of rotatable bonds is 9. The van der Waals surface area contributed by atoms with Crippen LogP contribution in [0.25, 0.3) is 0 Å². The lowest BCUT2D eigenvalue weighted by Gasteiger charge is -2.09. The summed E-state index contributed by atoms with van der Waals surface area (Å²) >= 11 is 0. The Hall–Kier alpha value is -2.82. The topological polar surface area (TPSA) is 64.6 Å². The second kappa shape index (κ2) is 9.61. The highest BCUT2D eigenvalue weighted by Gasteiger charge is 2.14. The third-order valence-corrected chi connectivity index (χ3v) is 3.85. The Morgan fingerprint density at radius 3 is 2.42 bits per heavy atom. The number of carbonyl (C=O) groups is 2. The van der Waals surface area contributed by atoms with E-state index in [-0.39, 0.29) is 24.5 Å². The van der Waals surface area contributed by atoms with Crippen LogP contribution in [0.15, 0.2) is 42.5 Å². The third kappa shape index (κ3) is 5.62. The van der Waals surface area contributed by atoms with Gasteiger partial charge in [-0.05, 0) is 49.7 Å². The number of Topliss-reactive ketones (excluding diaryl/α,β-unsaturated/α-hetero) is 1. The Morgan fingerprint density at radius 2 is 1.77 bits per heavy atom. The first-order chi connectivity index (χ1) is 12.5. The summed E-state index contributed by atoms with van der Waals surface area (Å²) in [6.45, 7) is 4.62. The van der Waals surface area contributed by atoms with E-state index in [9.17, 15) is 9.59 Å². The molecule has 2 aromatic carbocycles. The van der Waals surface area contributed by atoms with Gasteiger partial charge in [-0.15, -0.1) is 0 Å². The summed E-state index contributed by atoms with van der Waals surface area (Å²) in [6.07, 6.45) is 1.19. The molecule has 138 valence electrons. The number of hydrogen-bond donors (Lipinski definition) is 1. The number of amides is 1. The second-order valence-electron chi connectivity index (χ2n) is 6.05. The Labute approximate surface area is 154 Å². The first-order valence-corrected chi connectivity index (χ1v) is 8.74. The summed E-state index contributed by atoms with van der Waals surface area (Å²) in [5, 5.41) is 2.79. The van der Waals surface area contributed by atoms with Crippen LogP contribution in [0, 0.1) is 6.92 Å². The van der Waals surface area contributed by atoms with E-state index in [4.69, 9.17) is 9.47 Å². The number of nitrogens with one attached hydrogen (secondary N) is 1. The largest absolute Gasteiger partial charge is 0.496 e. The van der Waals surface area contributed by atoms with Crippen molar-refractivity contribution in [2.75, 3.05) is 19.0 Å². The SMILES string of the molecule is CCCOc1ccc(NC(=O)CCC(=O)c2cc(C)ccc2OC)cc1. The highest BCUT2D eigenvalue weighted by atomic mass is 16.5. The molecule has 0 heterocycles. The predicted octanol–water partition coefficient (Wildman–Crippen LogP) is 4.39. The van der Waals surface area contributed by atoms with Crippen LogP contribution in [-0.2, 0) is 4.79 Å². The molecule has 26 heavy (non-hydrogen) atoms. The van der Waals surface area contributed by atoms with Crippen molar-refractivity contribution in [3.05, 3.63) is 53.6 Å². The van der Waals surface area contributed by atoms with Crippen molar-refractivity contribution < 1.29 is 19.1 Å². The van der Waals surface area contributed by atoms with Gasteiger partial charge in [-0.3, -0.25) is 9.59 Å². The molecule has 1 amide bonds. The molecule has 0 saturated heterocycles. The number of hydrogen-bond acceptors (Lipinski definition) is 4. The molecule has 0 spiro atoms. The summed E-state index contributed by atoms with van der Waals surface area (Å²) in [6, 6.07) is 12.6. The average Bonchev–Trinajstić information content (AvgIpc) is 2.65. The van der Waals surface area contributed by atoms with E-state index in [1.807, 2.05) is 32.0 Å². The fourth-order valence-corrected chi connectivity index (χ4v) is 2.48. The average molecular weight is 355 g/mol. The van der Waals surface area contributed by atoms with E-state index in [0.29, 0.717) is 23.6 Å². The second-order valence-corrected chi connectivity index (χ2v) is 6.05. The Bertz CT molecular complexity index is 753. The predicted molar refractivity (Wildman–Crippen MR) is 102 cm³/mol. The van der Waals surface area contributed by atoms with Gasteiger partial charge in [0.15, 0.2) is 5.78 Å². The van der Waals surface area contributed by atoms with Gasteiger partial charge in [0.1, 0.15) is 11.5 Å². The molecule has 2 rings (SSSR count). The van der Waals surface area contributed by atoms with E-state index in [2.05, 4.69) is 5.32 Å². The Morgan fingerprint density at radius 1 is 1.04 bits per heavy atom. The van der Waals surface area contributed by atoms with Crippen LogP contribution >= 0.6 is 0 Å². The smallest absolute Gasteiger partial charge is 0.224 e. The summed E-state index contributed by atoms with van der Waals surface area (Å²) in [5.74, 6) is 0.992. The minimum absolute atomic E-state index is 0.107. The molecule has 0 aliphatic heterocycles. The maximum absolute atomic E-state index is 12.4. The molecule has 0 radical (unpaired) electrons. The van der Waals surface area contributed by atoms with Crippen LogP contribution in [0.1, 0.15) is 42.1 Å². The van der Waals surface area contributed by atoms with Crippen LogP contribution in [0.4, 0.5) is 5.69 Å². The number of aryl methyl sites for hydroxylation is 1. The Kier molecular flexibility index (Phi) is 7.21. The van der Waals surface area contributed by atoms with Crippen LogP contribution in [0.3, 0.4) is 0 Å². The van der Waals surface area contributed by atoms with Crippen molar-refractivity contribution in [3.8, 4) is 11.5 Å². The van der Waals surface area contributed by atoms with Gasteiger partial charge in [0.05, 0.1) is 19.3 Å². The zero-order valence-electron chi connectivity index (χ0n) is 15.5. The molecular weight excluding hydrogens is 330 g/mol. The van der Waals surface area contributed by atoms with Crippen molar-refractivity contribution in [3.63, 3.8) is 0 Å². The zero-order valence-corrected chi connectivity index (χ0v) is 15.5. The summed E-state index contributed by atoms with van der Waals surface area (Å²) in [4.78, 5) is 24.5. The fraction of sp³-hybridized carbons (Fsp3) is 0.333. The number of ether oxygens (including phenoxy) is 2. The maximum atomic E-state index is 12.4. The number of carbonyl (C=O) groups excluding carboxylic acids is 2. The number of ketones is 1. The van der Waals surface area contributed by atoms with Gasteiger partial charge >= 0.3 is 0 Å². The van der Waals surface area contributed by atoms with Crippen LogP contribution < -0.4 is 14.8 Å². The normalized spacial score (nSPS) is 10.3. The molecule has 0 aliphatic rings. The monoisotopic (exact) mass is 355 g/mol.